The molecule has 0 unspecified atom stereocenters. The number of hydrogen-bond acceptors (Lipinski definition) is 2. The van der Waals surface area contributed by atoms with Crippen molar-refractivity contribution in [2.75, 3.05) is 18.9 Å². The molecule has 0 bridgehead atoms. The van der Waals surface area contributed by atoms with Gasteiger partial charge in [-0.25, -0.2) is 4.39 Å². The third-order valence-corrected chi connectivity index (χ3v) is 2.31. The van der Waals surface area contributed by atoms with Crippen LogP contribution in [0.4, 0.5) is 10.1 Å². The Hall–Kier alpha value is -1.10. The lowest BCUT2D eigenvalue weighted by atomic mass is 10.3. The standard InChI is InChI=1S/C9H10BrFN2O/c1-12-9(14)5-13-8-3-2-6(11)4-7(8)10/h2-4,13H,5H2,1H3,(H,12,14). The van der Waals surface area contributed by atoms with E-state index < -0.39 is 0 Å². The predicted molar refractivity (Wildman–Crippen MR) is 56.7 cm³/mol. The molecule has 5 heteroatoms. The van der Waals surface area contributed by atoms with Crippen LogP contribution < -0.4 is 10.6 Å². The molecule has 3 nitrogen and oxygen atoms in total. The summed E-state index contributed by atoms with van der Waals surface area (Å²) in [5, 5.41) is 5.34. The van der Waals surface area contributed by atoms with Crippen LogP contribution in [-0.4, -0.2) is 19.5 Å². The molecule has 1 aromatic rings. The Balaban J connectivity index is 2.63. The first-order valence-corrected chi connectivity index (χ1v) is 4.82. The highest BCUT2D eigenvalue weighted by Crippen LogP contribution is 2.22. The largest absolute Gasteiger partial charge is 0.375 e. The smallest absolute Gasteiger partial charge is 0.239 e. The van der Waals surface area contributed by atoms with Crippen LogP contribution in [0.1, 0.15) is 0 Å². The van der Waals surface area contributed by atoms with E-state index in [4.69, 9.17) is 0 Å². The molecular formula is C9H10BrFN2O. The van der Waals surface area contributed by atoms with Gasteiger partial charge in [0, 0.05) is 17.2 Å². The van der Waals surface area contributed by atoms with Crippen LogP contribution in [0.25, 0.3) is 0 Å². The highest BCUT2D eigenvalue weighted by Gasteiger charge is 2.02. The van der Waals surface area contributed by atoms with E-state index in [-0.39, 0.29) is 18.3 Å². The summed E-state index contributed by atoms with van der Waals surface area (Å²) >= 11 is 3.18. The molecule has 0 aliphatic carbocycles. The van der Waals surface area contributed by atoms with Gasteiger partial charge in [-0.2, -0.15) is 0 Å². The maximum atomic E-state index is 12.7. The van der Waals surface area contributed by atoms with Crippen LogP contribution in [0, 0.1) is 5.82 Å². The maximum absolute atomic E-state index is 12.7. The number of halogens is 2. The Labute approximate surface area is 89.8 Å². The van der Waals surface area contributed by atoms with Gasteiger partial charge < -0.3 is 10.6 Å². The highest BCUT2D eigenvalue weighted by molar-refractivity contribution is 9.10. The average molecular weight is 261 g/mol. The Kier molecular flexibility index (Phi) is 3.88. The minimum Gasteiger partial charge on any atom is -0.375 e. The van der Waals surface area contributed by atoms with E-state index in [0.717, 1.165) is 0 Å². The fourth-order valence-corrected chi connectivity index (χ4v) is 1.39. The van der Waals surface area contributed by atoms with Gasteiger partial charge in [0.15, 0.2) is 0 Å². The first-order chi connectivity index (χ1) is 6.63. The van der Waals surface area contributed by atoms with E-state index >= 15 is 0 Å². The third-order valence-electron chi connectivity index (χ3n) is 1.65. The zero-order chi connectivity index (χ0) is 10.6. The van der Waals surface area contributed by atoms with Crippen LogP contribution in [0.15, 0.2) is 22.7 Å². The lowest BCUT2D eigenvalue weighted by molar-refractivity contribution is -0.118. The van der Waals surface area contributed by atoms with Crippen LogP contribution in [-0.2, 0) is 4.79 Å². The normalized spacial score (nSPS) is 9.64. The van der Waals surface area contributed by atoms with Crippen LogP contribution in [0.5, 0.6) is 0 Å². The van der Waals surface area contributed by atoms with Crippen molar-refractivity contribution in [1.82, 2.24) is 5.32 Å². The van der Waals surface area contributed by atoms with Crippen molar-refractivity contribution in [2.45, 2.75) is 0 Å². The summed E-state index contributed by atoms with van der Waals surface area (Å²) in [6, 6.07) is 4.24. The van der Waals surface area contributed by atoms with Gasteiger partial charge >= 0.3 is 0 Å². The molecule has 0 atom stereocenters. The van der Waals surface area contributed by atoms with Gasteiger partial charge in [-0.05, 0) is 34.1 Å². The van der Waals surface area contributed by atoms with E-state index in [1.807, 2.05) is 0 Å². The van der Waals surface area contributed by atoms with Crippen molar-refractivity contribution in [3.8, 4) is 0 Å². The number of rotatable bonds is 3. The van der Waals surface area contributed by atoms with Crippen LogP contribution >= 0.6 is 15.9 Å². The number of amides is 1. The minimum atomic E-state index is -0.317. The van der Waals surface area contributed by atoms with Gasteiger partial charge in [-0.3, -0.25) is 4.79 Å². The van der Waals surface area contributed by atoms with Gasteiger partial charge in [0.25, 0.3) is 0 Å². The molecule has 1 aromatic carbocycles. The maximum Gasteiger partial charge on any atom is 0.239 e. The van der Waals surface area contributed by atoms with Gasteiger partial charge in [-0.15, -0.1) is 0 Å². The van der Waals surface area contributed by atoms with E-state index in [2.05, 4.69) is 26.6 Å². The first kappa shape index (κ1) is 11.0. The van der Waals surface area contributed by atoms with E-state index in [9.17, 15) is 9.18 Å². The van der Waals surface area contributed by atoms with E-state index in [1.165, 1.54) is 12.1 Å². The Morgan fingerprint density at radius 2 is 2.29 bits per heavy atom. The van der Waals surface area contributed by atoms with Crippen LogP contribution in [0.3, 0.4) is 0 Å². The Morgan fingerprint density at radius 3 is 2.86 bits per heavy atom. The summed E-state index contributed by atoms with van der Waals surface area (Å²) in [6.45, 7) is 0.167. The molecule has 0 spiro atoms. The molecule has 0 aromatic heterocycles. The molecule has 1 amide bonds. The van der Waals surface area contributed by atoms with E-state index in [0.29, 0.717) is 10.2 Å². The third kappa shape index (κ3) is 2.99. The second-order valence-electron chi connectivity index (χ2n) is 2.65. The van der Waals surface area contributed by atoms with Gasteiger partial charge in [0.2, 0.25) is 5.91 Å². The van der Waals surface area contributed by atoms with Gasteiger partial charge in [0.05, 0.1) is 6.54 Å². The van der Waals surface area contributed by atoms with Crippen molar-refractivity contribution in [2.24, 2.45) is 0 Å². The Morgan fingerprint density at radius 1 is 1.57 bits per heavy atom. The summed E-state index contributed by atoms with van der Waals surface area (Å²) in [7, 11) is 1.56. The number of anilines is 1. The molecule has 0 saturated heterocycles. The van der Waals surface area contributed by atoms with Crippen molar-refractivity contribution in [1.29, 1.82) is 0 Å². The van der Waals surface area contributed by atoms with Crippen molar-refractivity contribution >= 4 is 27.5 Å². The molecule has 0 aliphatic rings. The molecule has 0 aliphatic heterocycles. The second kappa shape index (κ2) is 4.95. The Bertz CT molecular complexity index is 344. The van der Waals surface area contributed by atoms with Crippen LogP contribution in [0.2, 0.25) is 0 Å². The average Bonchev–Trinajstić information content (AvgIpc) is 2.16. The van der Waals surface area contributed by atoms with E-state index in [1.54, 1.807) is 13.1 Å². The van der Waals surface area contributed by atoms with Crippen molar-refractivity contribution in [3.05, 3.63) is 28.5 Å². The minimum absolute atomic E-state index is 0.124. The molecule has 0 radical (unpaired) electrons. The molecule has 2 N–H and O–H groups in total. The zero-order valence-corrected chi connectivity index (χ0v) is 9.19. The van der Waals surface area contributed by atoms with Crippen molar-refractivity contribution < 1.29 is 9.18 Å². The summed E-state index contributed by atoms with van der Waals surface area (Å²) in [6.07, 6.45) is 0. The predicted octanol–water partition coefficient (Wildman–Crippen LogP) is 1.75. The SMILES string of the molecule is CNC(=O)CNc1ccc(F)cc1Br. The van der Waals surface area contributed by atoms with Crippen molar-refractivity contribution in [3.63, 3.8) is 0 Å². The molecular weight excluding hydrogens is 251 g/mol. The fraction of sp³-hybridized carbons (Fsp3) is 0.222. The quantitative estimate of drug-likeness (QED) is 0.870. The topological polar surface area (TPSA) is 41.1 Å². The molecule has 1 rings (SSSR count). The molecule has 14 heavy (non-hydrogen) atoms. The lowest BCUT2D eigenvalue weighted by Gasteiger charge is -2.07. The zero-order valence-electron chi connectivity index (χ0n) is 7.60. The summed E-state index contributed by atoms with van der Waals surface area (Å²) in [5.41, 5.74) is 0.690. The summed E-state index contributed by atoms with van der Waals surface area (Å²) < 4.78 is 13.3. The highest BCUT2D eigenvalue weighted by atomic mass is 79.9. The molecule has 76 valence electrons. The number of nitrogens with one attached hydrogen (secondary N) is 2. The fourth-order valence-electron chi connectivity index (χ4n) is 0.897. The molecule has 0 fully saturated rings. The number of benzene rings is 1. The molecule has 0 heterocycles. The second-order valence-corrected chi connectivity index (χ2v) is 3.51. The number of carbonyl (C=O) groups is 1. The molecule has 0 saturated carbocycles. The number of carbonyl (C=O) groups excluding carboxylic acids is 1. The first-order valence-electron chi connectivity index (χ1n) is 4.03. The number of hydrogen-bond donors (Lipinski definition) is 2. The van der Waals surface area contributed by atoms with Gasteiger partial charge in [0.1, 0.15) is 5.82 Å². The van der Waals surface area contributed by atoms with Gasteiger partial charge in [-0.1, -0.05) is 0 Å². The summed E-state index contributed by atoms with van der Waals surface area (Å²) in [4.78, 5) is 10.9. The number of likely N-dealkylation sites (N-methyl/N-ethyl adjacent to an activating group) is 1. The summed E-state index contributed by atoms with van der Waals surface area (Å²) in [5.74, 6) is -0.441. The monoisotopic (exact) mass is 260 g/mol. The lowest BCUT2D eigenvalue weighted by Crippen LogP contribution is -2.26.